The largest absolute Gasteiger partial charge is 0.369 e. The summed E-state index contributed by atoms with van der Waals surface area (Å²) in [6, 6.07) is 11.1. The van der Waals surface area contributed by atoms with Crippen LogP contribution in [0.2, 0.25) is 0 Å². The third-order valence-corrected chi connectivity index (χ3v) is 5.57. The van der Waals surface area contributed by atoms with Crippen molar-refractivity contribution in [3.63, 3.8) is 0 Å². The topological polar surface area (TPSA) is 57.5 Å². The van der Waals surface area contributed by atoms with E-state index in [2.05, 4.69) is 69.8 Å². The van der Waals surface area contributed by atoms with Gasteiger partial charge in [0, 0.05) is 56.7 Å². The summed E-state index contributed by atoms with van der Waals surface area (Å²) < 4.78 is 2.02. The van der Waals surface area contributed by atoms with Gasteiger partial charge >= 0.3 is 0 Å². The van der Waals surface area contributed by atoms with Gasteiger partial charge in [-0.2, -0.15) is 5.10 Å². The lowest BCUT2D eigenvalue weighted by Gasteiger charge is -2.35. The minimum Gasteiger partial charge on any atom is -0.369 e. The average Bonchev–Trinajstić information content (AvgIpc) is 3.06. The molecule has 6 nitrogen and oxygen atoms in total. The molecule has 1 aliphatic heterocycles. The Morgan fingerprint density at radius 3 is 2.68 bits per heavy atom. The first-order valence-electron chi connectivity index (χ1n) is 10.5. The fourth-order valence-corrected chi connectivity index (χ4v) is 4.12. The normalized spacial score (nSPS) is 17.6. The van der Waals surface area contributed by atoms with Gasteiger partial charge in [-0.1, -0.05) is 32.0 Å². The second-order valence-electron chi connectivity index (χ2n) is 7.39. The number of anilines is 1. The Labute approximate surface area is 169 Å². The van der Waals surface area contributed by atoms with Crippen LogP contribution < -0.4 is 15.5 Å². The van der Waals surface area contributed by atoms with Gasteiger partial charge in [0.1, 0.15) is 0 Å². The van der Waals surface area contributed by atoms with Crippen molar-refractivity contribution in [3.05, 3.63) is 47.3 Å². The van der Waals surface area contributed by atoms with Gasteiger partial charge in [0.25, 0.3) is 0 Å². The highest BCUT2D eigenvalue weighted by molar-refractivity contribution is 5.80. The van der Waals surface area contributed by atoms with Crippen LogP contribution in [0.25, 0.3) is 0 Å². The zero-order chi connectivity index (χ0) is 19.9. The van der Waals surface area contributed by atoms with Gasteiger partial charge in [-0.05, 0) is 37.8 Å². The Balaban J connectivity index is 1.61. The van der Waals surface area contributed by atoms with Crippen LogP contribution in [-0.2, 0) is 26.4 Å². The summed E-state index contributed by atoms with van der Waals surface area (Å²) in [7, 11) is 3.88. The van der Waals surface area contributed by atoms with Gasteiger partial charge < -0.3 is 15.5 Å². The number of piperidine rings is 1. The molecule has 1 saturated heterocycles. The molecule has 0 bridgehead atoms. The molecule has 2 N–H and O–H groups in total. The maximum absolute atomic E-state index is 4.67. The summed E-state index contributed by atoms with van der Waals surface area (Å²) in [6.45, 7) is 7.22. The van der Waals surface area contributed by atoms with Crippen molar-refractivity contribution in [2.24, 2.45) is 12.0 Å². The highest BCUT2D eigenvalue weighted by Crippen LogP contribution is 2.19. The van der Waals surface area contributed by atoms with Crippen molar-refractivity contribution in [1.82, 2.24) is 20.4 Å². The van der Waals surface area contributed by atoms with Crippen LogP contribution in [0.4, 0.5) is 5.69 Å². The van der Waals surface area contributed by atoms with Crippen molar-refractivity contribution in [2.45, 2.75) is 52.1 Å². The maximum atomic E-state index is 4.67. The second-order valence-corrected chi connectivity index (χ2v) is 7.39. The summed E-state index contributed by atoms with van der Waals surface area (Å²) >= 11 is 0. The van der Waals surface area contributed by atoms with Gasteiger partial charge in [0.15, 0.2) is 5.96 Å². The SMILES string of the molecule is CCc1nn(C)c(CC)c1CNC(=NC)NC1CCCN(c2ccccc2)C1. The molecule has 1 atom stereocenters. The van der Waals surface area contributed by atoms with E-state index < -0.39 is 0 Å². The first kappa shape index (κ1) is 20.2. The monoisotopic (exact) mass is 382 g/mol. The van der Waals surface area contributed by atoms with Crippen LogP contribution in [0.3, 0.4) is 0 Å². The van der Waals surface area contributed by atoms with Crippen LogP contribution in [0.5, 0.6) is 0 Å². The molecular formula is C22H34N6. The van der Waals surface area contributed by atoms with Crippen molar-refractivity contribution in [2.75, 3.05) is 25.0 Å². The molecule has 0 saturated carbocycles. The molecule has 6 heteroatoms. The number of aliphatic imine (C=N–C) groups is 1. The van der Waals surface area contributed by atoms with Crippen molar-refractivity contribution in [3.8, 4) is 0 Å². The van der Waals surface area contributed by atoms with Gasteiger partial charge in [-0.25, -0.2) is 0 Å². The molecular weight excluding hydrogens is 348 g/mol. The molecule has 0 spiro atoms. The minimum absolute atomic E-state index is 0.394. The Morgan fingerprint density at radius 1 is 1.21 bits per heavy atom. The van der Waals surface area contributed by atoms with Gasteiger partial charge in [-0.15, -0.1) is 0 Å². The minimum atomic E-state index is 0.394. The molecule has 2 aromatic rings. The van der Waals surface area contributed by atoms with Crippen LogP contribution >= 0.6 is 0 Å². The number of guanidine groups is 1. The average molecular weight is 383 g/mol. The lowest BCUT2D eigenvalue weighted by molar-refractivity contribution is 0.468. The summed E-state index contributed by atoms with van der Waals surface area (Å²) in [6.07, 6.45) is 4.29. The molecule has 1 aliphatic rings. The number of hydrogen-bond acceptors (Lipinski definition) is 3. The molecule has 1 fully saturated rings. The van der Waals surface area contributed by atoms with E-state index in [9.17, 15) is 0 Å². The number of benzene rings is 1. The van der Waals surface area contributed by atoms with E-state index in [0.717, 1.165) is 44.9 Å². The van der Waals surface area contributed by atoms with Gasteiger partial charge in [0.2, 0.25) is 0 Å². The van der Waals surface area contributed by atoms with Crippen LogP contribution in [-0.4, -0.2) is 41.9 Å². The maximum Gasteiger partial charge on any atom is 0.191 e. The number of hydrogen-bond donors (Lipinski definition) is 2. The number of rotatable bonds is 6. The van der Waals surface area contributed by atoms with E-state index in [0.29, 0.717) is 6.04 Å². The lowest BCUT2D eigenvalue weighted by atomic mass is 10.0. The quantitative estimate of drug-likeness (QED) is 0.596. The second kappa shape index (κ2) is 9.62. The number of aromatic nitrogens is 2. The van der Waals surface area contributed by atoms with Gasteiger partial charge in [-0.3, -0.25) is 9.67 Å². The van der Waals surface area contributed by atoms with Crippen molar-refractivity contribution < 1.29 is 0 Å². The fourth-order valence-electron chi connectivity index (χ4n) is 4.12. The smallest absolute Gasteiger partial charge is 0.191 e. The third kappa shape index (κ3) is 4.66. The Bertz CT molecular complexity index is 780. The molecule has 1 aromatic carbocycles. The predicted octanol–water partition coefficient (Wildman–Crippen LogP) is 2.88. The summed E-state index contributed by atoms with van der Waals surface area (Å²) in [4.78, 5) is 6.92. The predicted molar refractivity (Wildman–Crippen MR) is 117 cm³/mol. The molecule has 28 heavy (non-hydrogen) atoms. The van der Waals surface area contributed by atoms with Crippen LogP contribution in [0.15, 0.2) is 35.3 Å². The Morgan fingerprint density at radius 2 is 2.00 bits per heavy atom. The molecule has 1 unspecified atom stereocenters. The molecule has 3 rings (SSSR count). The van der Waals surface area contributed by atoms with E-state index in [1.54, 1.807) is 0 Å². The number of nitrogens with one attached hydrogen (secondary N) is 2. The lowest BCUT2D eigenvalue weighted by Crippen LogP contribution is -2.51. The van der Waals surface area contributed by atoms with Gasteiger partial charge in [0.05, 0.1) is 5.69 Å². The third-order valence-electron chi connectivity index (χ3n) is 5.57. The number of para-hydroxylation sites is 1. The Hall–Kier alpha value is -2.50. The zero-order valence-corrected chi connectivity index (χ0v) is 17.7. The van der Waals surface area contributed by atoms with Crippen LogP contribution in [0, 0.1) is 0 Å². The van der Waals surface area contributed by atoms with E-state index >= 15 is 0 Å². The van der Waals surface area contributed by atoms with Crippen LogP contribution in [0.1, 0.15) is 43.6 Å². The van der Waals surface area contributed by atoms with Crippen molar-refractivity contribution in [1.29, 1.82) is 0 Å². The highest BCUT2D eigenvalue weighted by atomic mass is 15.3. The summed E-state index contributed by atoms with van der Waals surface area (Å²) in [5, 5.41) is 11.8. The number of aryl methyl sites for hydroxylation is 2. The first-order valence-corrected chi connectivity index (χ1v) is 10.5. The standard InChI is InChI=1S/C22H34N6/c1-5-20-19(21(6-2)27(4)26-20)15-24-22(23-3)25-17-11-10-14-28(16-17)18-12-8-7-9-13-18/h7-9,12-13,17H,5-6,10-11,14-16H2,1-4H3,(H2,23,24,25). The zero-order valence-electron chi connectivity index (χ0n) is 17.7. The highest BCUT2D eigenvalue weighted by Gasteiger charge is 2.21. The summed E-state index contributed by atoms with van der Waals surface area (Å²) in [5.74, 6) is 0.868. The molecule has 0 aliphatic carbocycles. The first-order chi connectivity index (χ1) is 13.7. The Kier molecular flexibility index (Phi) is 6.95. The summed E-state index contributed by atoms with van der Waals surface area (Å²) in [5.41, 5.74) is 5.08. The molecule has 0 amide bonds. The number of nitrogens with zero attached hydrogens (tertiary/aromatic N) is 4. The molecule has 2 heterocycles. The molecule has 0 radical (unpaired) electrons. The van der Waals surface area contributed by atoms with E-state index in [4.69, 9.17) is 0 Å². The van der Waals surface area contributed by atoms with E-state index in [1.165, 1.54) is 29.1 Å². The van der Waals surface area contributed by atoms with E-state index in [-0.39, 0.29) is 0 Å². The fraction of sp³-hybridized carbons (Fsp3) is 0.545. The van der Waals surface area contributed by atoms with Crippen molar-refractivity contribution >= 4 is 11.6 Å². The molecule has 152 valence electrons. The van der Waals surface area contributed by atoms with E-state index in [1.807, 2.05) is 18.8 Å². The molecule has 1 aromatic heterocycles.